The average molecular weight is 258 g/mol. The number of carbonyl (C=O) groups is 1. The number of rotatable bonds is 3. The fourth-order valence-corrected chi connectivity index (χ4v) is 2.08. The third-order valence-electron chi connectivity index (χ3n) is 3.14. The summed E-state index contributed by atoms with van der Waals surface area (Å²) < 4.78 is 1.86. The number of hydrogen-bond donors (Lipinski definition) is 1. The summed E-state index contributed by atoms with van der Waals surface area (Å²) in [5.74, 6) is -0.907. The van der Waals surface area contributed by atoms with Gasteiger partial charge in [0, 0.05) is 17.8 Å². The van der Waals surface area contributed by atoms with E-state index >= 15 is 0 Å². The van der Waals surface area contributed by atoms with Crippen LogP contribution >= 0.6 is 0 Å². The minimum Gasteiger partial charge on any atom is -0.478 e. The van der Waals surface area contributed by atoms with Gasteiger partial charge in [-0.15, -0.1) is 0 Å². The lowest BCUT2D eigenvalue weighted by molar-refractivity contribution is 0.0697. The van der Waals surface area contributed by atoms with Crippen LogP contribution in [0.15, 0.2) is 24.4 Å². The highest BCUT2D eigenvalue weighted by atomic mass is 16.4. The van der Waals surface area contributed by atoms with E-state index in [-0.39, 0.29) is 6.04 Å². The van der Waals surface area contributed by atoms with E-state index in [0.29, 0.717) is 5.56 Å². The molecule has 100 valence electrons. The van der Waals surface area contributed by atoms with E-state index in [1.165, 1.54) is 0 Å². The van der Waals surface area contributed by atoms with Gasteiger partial charge in [-0.25, -0.2) is 4.79 Å². The molecule has 0 amide bonds. The molecule has 0 aliphatic heterocycles. The molecule has 19 heavy (non-hydrogen) atoms. The zero-order valence-corrected chi connectivity index (χ0v) is 11.6. The van der Waals surface area contributed by atoms with Crippen LogP contribution in [0.4, 0.5) is 0 Å². The lowest BCUT2D eigenvalue weighted by Crippen LogP contribution is -2.01. The largest absolute Gasteiger partial charge is 0.478 e. The van der Waals surface area contributed by atoms with Crippen molar-refractivity contribution >= 4 is 5.97 Å². The van der Waals surface area contributed by atoms with Crippen LogP contribution in [0.5, 0.6) is 0 Å². The molecule has 1 heterocycles. The highest BCUT2D eigenvalue weighted by Crippen LogP contribution is 2.28. The lowest BCUT2D eigenvalue weighted by Gasteiger charge is -2.06. The van der Waals surface area contributed by atoms with E-state index in [1.54, 1.807) is 6.07 Å². The first-order chi connectivity index (χ1) is 8.90. The summed E-state index contributed by atoms with van der Waals surface area (Å²) in [6.07, 6.45) is 1.91. The third-order valence-corrected chi connectivity index (χ3v) is 3.14. The van der Waals surface area contributed by atoms with E-state index in [9.17, 15) is 9.90 Å². The first-order valence-electron chi connectivity index (χ1n) is 6.30. The van der Waals surface area contributed by atoms with Gasteiger partial charge in [0.25, 0.3) is 0 Å². The first-order valence-corrected chi connectivity index (χ1v) is 6.30. The zero-order chi connectivity index (χ0) is 14.2. The molecule has 0 radical (unpaired) electrons. The van der Waals surface area contributed by atoms with E-state index in [4.69, 9.17) is 0 Å². The monoisotopic (exact) mass is 258 g/mol. The number of aromatic nitrogens is 2. The van der Waals surface area contributed by atoms with Crippen LogP contribution < -0.4 is 0 Å². The fourth-order valence-electron chi connectivity index (χ4n) is 2.08. The van der Waals surface area contributed by atoms with Crippen molar-refractivity contribution in [3.8, 4) is 11.1 Å². The molecule has 4 heteroatoms. The van der Waals surface area contributed by atoms with Gasteiger partial charge in [0.05, 0.1) is 11.3 Å². The molecule has 0 fully saturated rings. The summed E-state index contributed by atoms with van der Waals surface area (Å²) in [4.78, 5) is 11.4. The molecule has 0 spiro atoms. The molecule has 0 saturated carbocycles. The second-order valence-electron chi connectivity index (χ2n) is 5.06. The summed E-state index contributed by atoms with van der Waals surface area (Å²) in [7, 11) is 0. The highest BCUT2D eigenvalue weighted by molar-refractivity contribution is 5.96. The molecule has 0 aliphatic carbocycles. The van der Waals surface area contributed by atoms with Gasteiger partial charge >= 0.3 is 5.97 Å². The number of aromatic carboxylic acids is 1. The Balaban J connectivity index is 2.61. The predicted octanol–water partition coefficient (Wildman–Crippen LogP) is 3.45. The Morgan fingerprint density at radius 2 is 1.95 bits per heavy atom. The second-order valence-corrected chi connectivity index (χ2v) is 5.06. The van der Waals surface area contributed by atoms with Crippen LogP contribution in [0.1, 0.15) is 41.5 Å². The van der Waals surface area contributed by atoms with Gasteiger partial charge in [-0.05, 0) is 39.3 Å². The number of carboxylic acid groups (broad SMARTS) is 1. The summed E-state index contributed by atoms with van der Waals surface area (Å²) in [6, 6.07) is 5.73. The Hall–Kier alpha value is -2.10. The van der Waals surface area contributed by atoms with Crippen molar-refractivity contribution < 1.29 is 9.90 Å². The molecule has 0 atom stereocenters. The third kappa shape index (κ3) is 2.52. The molecule has 1 N–H and O–H groups in total. The van der Waals surface area contributed by atoms with Crippen LogP contribution in [0.2, 0.25) is 0 Å². The molecule has 1 aromatic carbocycles. The van der Waals surface area contributed by atoms with Gasteiger partial charge in [-0.1, -0.05) is 17.7 Å². The first kappa shape index (κ1) is 13.3. The molecule has 0 aliphatic rings. The summed E-state index contributed by atoms with van der Waals surface area (Å²) in [6.45, 7) is 7.88. The molecule has 2 aromatic rings. The molecular formula is C15H18N2O2. The van der Waals surface area contributed by atoms with E-state index in [1.807, 2.05) is 50.7 Å². The van der Waals surface area contributed by atoms with Crippen molar-refractivity contribution in [2.24, 2.45) is 0 Å². The van der Waals surface area contributed by atoms with Crippen molar-refractivity contribution in [3.63, 3.8) is 0 Å². The van der Waals surface area contributed by atoms with Crippen LogP contribution in [0, 0.1) is 13.8 Å². The maximum Gasteiger partial charge on any atom is 0.336 e. The predicted molar refractivity (Wildman–Crippen MR) is 74.5 cm³/mol. The van der Waals surface area contributed by atoms with Gasteiger partial charge in [0.15, 0.2) is 0 Å². The molecule has 0 bridgehead atoms. The SMILES string of the molecule is Cc1ccc(-c2cn(C(C)C)nc2C)c(C(=O)O)c1. The summed E-state index contributed by atoms with van der Waals surface area (Å²) in [5, 5.41) is 13.8. The fraction of sp³-hybridized carbons (Fsp3) is 0.333. The number of benzene rings is 1. The second kappa shape index (κ2) is 4.88. The molecule has 4 nitrogen and oxygen atoms in total. The normalized spacial score (nSPS) is 11.0. The molecule has 1 aromatic heterocycles. The minimum atomic E-state index is -0.907. The Labute approximate surface area is 112 Å². The smallest absolute Gasteiger partial charge is 0.336 e. The highest BCUT2D eigenvalue weighted by Gasteiger charge is 2.16. The molecular weight excluding hydrogens is 240 g/mol. The maximum absolute atomic E-state index is 11.4. The number of aryl methyl sites for hydroxylation is 2. The minimum absolute atomic E-state index is 0.256. The van der Waals surface area contributed by atoms with Gasteiger partial charge in [-0.2, -0.15) is 5.10 Å². The lowest BCUT2D eigenvalue weighted by atomic mass is 9.98. The van der Waals surface area contributed by atoms with Crippen LogP contribution in [-0.2, 0) is 0 Å². The van der Waals surface area contributed by atoms with E-state index in [2.05, 4.69) is 5.10 Å². The van der Waals surface area contributed by atoms with E-state index < -0.39 is 5.97 Å². The molecule has 0 unspecified atom stereocenters. The van der Waals surface area contributed by atoms with Gasteiger partial charge < -0.3 is 5.11 Å². The van der Waals surface area contributed by atoms with Gasteiger partial charge in [-0.3, -0.25) is 4.68 Å². The Morgan fingerprint density at radius 1 is 1.26 bits per heavy atom. The van der Waals surface area contributed by atoms with Crippen LogP contribution in [0.25, 0.3) is 11.1 Å². The summed E-state index contributed by atoms with van der Waals surface area (Å²) >= 11 is 0. The van der Waals surface area contributed by atoms with Crippen molar-refractivity contribution in [3.05, 3.63) is 41.2 Å². The van der Waals surface area contributed by atoms with E-state index in [0.717, 1.165) is 22.4 Å². The molecule has 0 saturated heterocycles. The van der Waals surface area contributed by atoms with Crippen molar-refractivity contribution in [1.82, 2.24) is 9.78 Å². The summed E-state index contributed by atoms with van der Waals surface area (Å²) in [5.41, 5.74) is 3.72. The molecule has 2 rings (SSSR count). The van der Waals surface area contributed by atoms with Gasteiger partial charge in [0.1, 0.15) is 0 Å². The quantitative estimate of drug-likeness (QED) is 0.917. The topological polar surface area (TPSA) is 55.1 Å². The zero-order valence-electron chi connectivity index (χ0n) is 11.6. The standard InChI is InChI=1S/C15H18N2O2/c1-9(2)17-8-14(11(4)16-17)12-6-5-10(3)7-13(12)15(18)19/h5-9H,1-4H3,(H,18,19). The van der Waals surface area contributed by atoms with Gasteiger partial charge in [0.2, 0.25) is 0 Å². The van der Waals surface area contributed by atoms with Crippen molar-refractivity contribution in [1.29, 1.82) is 0 Å². The average Bonchev–Trinajstić information content (AvgIpc) is 2.71. The number of nitrogens with zero attached hydrogens (tertiary/aromatic N) is 2. The maximum atomic E-state index is 11.4. The van der Waals surface area contributed by atoms with Crippen LogP contribution in [0.3, 0.4) is 0 Å². The van der Waals surface area contributed by atoms with Crippen LogP contribution in [-0.4, -0.2) is 20.9 Å². The Kier molecular flexibility index (Phi) is 3.42. The number of hydrogen-bond acceptors (Lipinski definition) is 2. The number of carboxylic acids is 1. The van der Waals surface area contributed by atoms with Crippen molar-refractivity contribution in [2.75, 3.05) is 0 Å². The Morgan fingerprint density at radius 3 is 2.47 bits per heavy atom. The Bertz CT molecular complexity index is 627. The van der Waals surface area contributed by atoms with Crippen molar-refractivity contribution in [2.45, 2.75) is 33.7 Å².